The highest BCUT2D eigenvalue weighted by molar-refractivity contribution is 6.29. The molecule has 0 spiro atoms. The molecular formula is C16H19ClFN4O+. The molecule has 0 saturated heterocycles. The molecule has 1 fully saturated rings. The lowest BCUT2D eigenvalue weighted by Gasteiger charge is -2.32. The van der Waals surface area contributed by atoms with Crippen LogP contribution in [0.25, 0.3) is 0 Å². The van der Waals surface area contributed by atoms with E-state index in [0.717, 1.165) is 12.8 Å². The van der Waals surface area contributed by atoms with Gasteiger partial charge in [-0.1, -0.05) is 18.0 Å². The van der Waals surface area contributed by atoms with Crippen LogP contribution in [0.1, 0.15) is 35.3 Å². The first-order valence-corrected chi connectivity index (χ1v) is 8.04. The normalized spacial score (nSPS) is 14.6. The van der Waals surface area contributed by atoms with Gasteiger partial charge in [0, 0.05) is 30.8 Å². The molecule has 2 heterocycles. The van der Waals surface area contributed by atoms with Gasteiger partial charge in [-0.05, 0) is 18.8 Å². The minimum atomic E-state index is -0.316. The summed E-state index contributed by atoms with van der Waals surface area (Å²) in [6.07, 6.45) is 6.60. The van der Waals surface area contributed by atoms with E-state index in [1.165, 1.54) is 18.7 Å². The highest BCUT2D eigenvalue weighted by Gasteiger charge is 2.26. The van der Waals surface area contributed by atoms with Crippen molar-refractivity contribution in [1.82, 2.24) is 15.1 Å². The minimum absolute atomic E-state index is 0.205. The van der Waals surface area contributed by atoms with Crippen LogP contribution in [0.4, 0.5) is 4.39 Å². The van der Waals surface area contributed by atoms with E-state index in [2.05, 4.69) is 10.2 Å². The summed E-state index contributed by atoms with van der Waals surface area (Å²) in [7, 11) is 1.76. The van der Waals surface area contributed by atoms with E-state index in [1.807, 2.05) is 0 Å². The molecular weight excluding hydrogens is 319 g/mol. The van der Waals surface area contributed by atoms with Gasteiger partial charge in [-0.3, -0.25) is 9.89 Å². The Morgan fingerprint density at radius 2 is 2.35 bits per heavy atom. The van der Waals surface area contributed by atoms with Crippen molar-refractivity contribution in [2.24, 2.45) is 13.0 Å². The van der Waals surface area contributed by atoms with E-state index in [-0.39, 0.29) is 23.4 Å². The van der Waals surface area contributed by atoms with Crippen LogP contribution < -0.4 is 4.57 Å². The van der Waals surface area contributed by atoms with Gasteiger partial charge in [0.15, 0.2) is 17.2 Å². The molecule has 1 N–H and O–H groups in total. The highest BCUT2D eigenvalue weighted by atomic mass is 35.5. The summed E-state index contributed by atoms with van der Waals surface area (Å²) >= 11 is 5.78. The van der Waals surface area contributed by atoms with Crippen molar-refractivity contribution in [3.63, 3.8) is 0 Å². The Kier molecular flexibility index (Phi) is 4.61. The topological polar surface area (TPSA) is 52.9 Å². The molecule has 5 nitrogen and oxygen atoms in total. The molecule has 23 heavy (non-hydrogen) atoms. The number of aromatic amines is 1. The van der Waals surface area contributed by atoms with Crippen LogP contribution in [-0.4, -0.2) is 27.5 Å². The number of aryl methyl sites for hydroxylation is 1. The Labute approximate surface area is 139 Å². The van der Waals surface area contributed by atoms with Crippen LogP contribution in [0, 0.1) is 11.7 Å². The van der Waals surface area contributed by atoms with E-state index in [0.29, 0.717) is 23.7 Å². The summed E-state index contributed by atoms with van der Waals surface area (Å²) in [5.41, 5.74) is 0.831. The third kappa shape index (κ3) is 3.69. The Balaban J connectivity index is 1.81. The van der Waals surface area contributed by atoms with Crippen molar-refractivity contribution in [3.8, 4) is 0 Å². The predicted molar refractivity (Wildman–Crippen MR) is 83.3 cm³/mol. The zero-order valence-electron chi connectivity index (χ0n) is 12.9. The smallest absolute Gasteiger partial charge is 0.272 e. The highest BCUT2D eigenvalue weighted by Crippen LogP contribution is 2.28. The number of H-pyrrole nitrogens is 1. The zero-order chi connectivity index (χ0) is 16.4. The molecule has 3 rings (SSSR count). The van der Waals surface area contributed by atoms with Crippen molar-refractivity contribution >= 4 is 17.5 Å². The molecule has 122 valence electrons. The number of amides is 1. The molecule has 2 aromatic rings. The van der Waals surface area contributed by atoms with Crippen LogP contribution in [0.15, 0.2) is 24.5 Å². The van der Waals surface area contributed by atoms with E-state index in [4.69, 9.17) is 11.6 Å². The summed E-state index contributed by atoms with van der Waals surface area (Å²) in [6, 6.07) is 3.20. The van der Waals surface area contributed by atoms with Gasteiger partial charge in [-0.25, -0.2) is 8.96 Å². The van der Waals surface area contributed by atoms with Gasteiger partial charge >= 0.3 is 0 Å². The molecule has 0 aliphatic heterocycles. The molecule has 0 atom stereocenters. The zero-order valence-corrected chi connectivity index (χ0v) is 13.7. The second-order valence-electron chi connectivity index (χ2n) is 6.07. The van der Waals surface area contributed by atoms with E-state index in [9.17, 15) is 9.18 Å². The maximum atomic E-state index is 14.1. The molecule has 1 aliphatic rings. The third-order valence-electron chi connectivity index (χ3n) is 4.26. The van der Waals surface area contributed by atoms with Crippen molar-refractivity contribution < 1.29 is 13.8 Å². The van der Waals surface area contributed by atoms with Crippen LogP contribution >= 0.6 is 11.6 Å². The number of nitrogens with zero attached hydrogens (tertiary/aromatic N) is 3. The number of carbonyl (C=O) groups excluding carboxylic acids is 1. The first-order valence-electron chi connectivity index (χ1n) is 7.67. The molecule has 1 amide bonds. The molecule has 0 aromatic carbocycles. The Bertz CT molecular complexity index is 714. The fraction of sp³-hybridized carbons (Fsp3) is 0.438. The van der Waals surface area contributed by atoms with Crippen molar-refractivity contribution in [1.29, 1.82) is 0 Å². The fourth-order valence-electron chi connectivity index (χ4n) is 2.71. The second-order valence-corrected chi connectivity index (χ2v) is 6.46. The van der Waals surface area contributed by atoms with Gasteiger partial charge in [0.1, 0.15) is 12.7 Å². The lowest BCUT2D eigenvalue weighted by Crippen LogP contribution is -2.38. The largest absolute Gasteiger partial charge is 0.333 e. The summed E-state index contributed by atoms with van der Waals surface area (Å²) < 4.78 is 15.8. The summed E-state index contributed by atoms with van der Waals surface area (Å²) in [4.78, 5) is 14.4. The maximum absolute atomic E-state index is 14.1. The fourth-order valence-corrected chi connectivity index (χ4v) is 2.86. The van der Waals surface area contributed by atoms with Crippen molar-refractivity contribution in [3.05, 3.63) is 46.8 Å². The van der Waals surface area contributed by atoms with Gasteiger partial charge in [-0.15, -0.1) is 0 Å². The molecule has 7 heteroatoms. The first kappa shape index (κ1) is 15.9. The number of rotatable bonds is 5. The molecule has 2 aromatic heterocycles. The van der Waals surface area contributed by atoms with Crippen LogP contribution in [0.2, 0.25) is 5.15 Å². The Morgan fingerprint density at radius 3 is 2.91 bits per heavy atom. The summed E-state index contributed by atoms with van der Waals surface area (Å²) in [5, 5.41) is 6.66. The third-order valence-corrected chi connectivity index (χ3v) is 4.46. The lowest BCUT2D eigenvalue weighted by molar-refractivity contribution is -0.673. The Hall–Kier alpha value is -1.95. The van der Waals surface area contributed by atoms with Gasteiger partial charge in [-0.2, -0.15) is 5.10 Å². The second kappa shape index (κ2) is 6.66. The van der Waals surface area contributed by atoms with Crippen LogP contribution in [0.5, 0.6) is 0 Å². The minimum Gasteiger partial charge on any atom is -0.333 e. The first-order chi connectivity index (χ1) is 11.0. The average molecular weight is 338 g/mol. The monoisotopic (exact) mass is 337 g/mol. The number of carbonyl (C=O) groups is 1. The number of hydrogen-bond donors (Lipinski definition) is 1. The maximum Gasteiger partial charge on any atom is 0.272 e. The summed E-state index contributed by atoms with van der Waals surface area (Å²) in [6.45, 7) is 0.856. The summed E-state index contributed by atoms with van der Waals surface area (Å²) in [5.74, 6) is -0.0341. The van der Waals surface area contributed by atoms with Crippen molar-refractivity contribution in [2.45, 2.75) is 25.8 Å². The van der Waals surface area contributed by atoms with Gasteiger partial charge < -0.3 is 4.90 Å². The van der Waals surface area contributed by atoms with Gasteiger partial charge in [0.2, 0.25) is 6.20 Å². The molecule has 0 unspecified atom stereocenters. The lowest BCUT2D eigenvalue weighted by atomic mass is 9.85. The van der Waals surface area contributed by atoms with E-state index >= 15 is 0 Å². The van der Waals surface area contributed by atoms with Crippen LogP contribution in [-0.2, 0) is 13.6 Å². The number of nitrogens with one attached hydrogen (secondary N) is 1. The van der Waals surface area contributed by atoms with Crippen molar-refractivity contribution in [2.75, 3.05) is 6.54 Å². The molecule has 1 aliphatic carbocycles. The van der Waals surface area contributed by atoms with E-state index < -0.39 is 0 Å². The quantitative estimate of drug-likeness (QED) is 0.852. The average Bonchev–Trinajstić information content (AvgIpc) is 2.89. The molecule has 0 radical (unpaired) electrons. The standard InChI is InChI=1S/C16H18ClFN4O/c1-21-6-5-12(13(18)10-21)9-22(8-11-3-2-4-11)16(23)14-7-15(17)20-19-14/h5-7,10-11H,2-4,8-9H2,1H3/p+1. The SMILES string of the molecule is C[n+]1ccc(CN(CC2CCC2)C(=O)c2cc(Cl)n[nH]2)c(F)c1. The van der Waals surface area contributed by atoms with Crippen LogP contribution in [0.3, 0.4) is 0 Å². The van der Waals surface area contributed by atoms with Gasteiger partial charge in [0.25, 0.3) is 5.91 Å². The number of pyridine rings is 1. The predicted octanol–water partition coefficient (Wildman–Crippen LogP) is 2.47. The Morgan fingerprint density at radius 1 is 1.57 bits per heavy atom. The molecule has 1 saturated carbocycles. The number of aromatic nitrogens is 3. The van der Waals surface area contributed by atoms with E-state index in [1.54, 1.807) is 28.8 Å². The van der Waals surface area contributed by atoms with Gasteiger partial charge in [0.05, 0.1) is 0 Å². The molecule has 0 bridgehead atoms. The number of hydrogen-bond acceptors (Lipinski definition) is 2. The number of halogens is 2.